The first kappa shape index (κ1) is 13.3. The van der Waals surface area contributed by atoms with E-state index in [1.165, 1.54) is 25.7 Å². The molecule has 1 aromatic heterocycles. The molecule has 1 saturated heterocycles. The number of nitrogens with zero attached hydrogens (tertiary/aromatic N) is 3. The van der Waals surface area contributed by atoms with Crippen molar-refractivity contribution in [3.63, 3.8) is 0 Å². The molecule has 0 amide bonds. The van der Waals surface area contributed by atoms with E-state index in [1.54, 1.807) is 0 Å². The van der Waals surface area contributed by atoms with E-state index in [-0.39, 0.29) is 0 Å². The molecule has 1 saturated carbocycles. The van der Waals surface area contributed by atoms with Gasteiger partial charge in [-0.25, -0.2) is 9.97 Å². The van der Waals surface area contributed by atoms with Gasteiger partial charge < -0.3 is 10.2 Å². The first-order chi connectivity index (χ1) is 9.11. The van der Waals surface area contributed by atoms with Crippen molar-refractivity contribution in [1.82, 2.24) is 14.9 Å². The minimum Gasteiger partial charge on any atom is -0.367 e. The normalized spacial score (nSPS) is 28.4. The first-order valence-corrected chi connectivity index (χ1v) is 7.92. The summed E-state index contributed by atoms with van der Waals surface area (Å²) in [6.07, 6.45) is 4.83. The van der Waals surface area contributed by atoms with Crippen LogP contribution in [-0.2, 0) is 0 Å². The smallest absolute Gasteiger partial charge is 0.135 e. The van der Waals surface area contributed by atoms with Crippen LogP contribution in [-0.4, -0.2) is 40.5 Å². The molecule has 104 valence electrons. The third-order valence-corrected chi connectivity index (χ3v) is 4.62. The Labute approximate surface area is 123 Å². The number of likely N-dealkylation sites (tertiary alicyclic amines) is 1. The summed E-state index contributed by atoms with van der Waals surface area (Å²) in [6.45, 7) is 3.44. The second-order valence-corrected chi connectivity index (χ2v) is 6.72. The SMILES string of the molecule is CC1CC(Nc2cc(Br)nc(C3CC3)n2)CCN1C. The third kappa shape index (κ3) is 3.26. The zero-order valence-electron chi connectivity index (χ0n) is 11.6. The maximum atomic E-state index is 4.67. The Balaban J connectivity index is 1.69. The van der Waals surface area contributed by atoms with Crippen LogP contribution in [0, 0.1) is 0 Å². The summed E-state index contributed by atoms with van der Waals surface area (Å²) in [6, 6.07) is 3.16. The van der Waals surface area contributed by atoms with Crippen LogP contribution < -0.4 is 5.32 Å². The van der Waals surface area contributed by atoms with E-state index in [2.05, 4.69) is 50.1 Å². The molecule has 2 aliphatic rings. The standard InChI is InChI=1S/C14H21BrN4/c1-9-7-11(5-6-19(9)2)16-13-8-12(15)17-14(18-13)10-3-4-10/h8-11H,3-7H2,1-2H3,(H,16,17,18). The van der Waals surface area contributed by atoms with Crippen LogP contribution >= 0.6 is 15.9 Å². The number of rotatable bonds is 3. The summed E-state index contributed by atoms with van der Waals surface area (Å²) in [5.41, 5.74) is 0. The third-order valence-electron chi connectivity index (χ3n) is 4.22. The van der Waals surface area contributed by atoms with Crippen LogP contribution in [0.5, 0.6) is 0 Å². The molecular weight excluding hydrogens is 304 g/mol. The van der Waals surface area contributed by atoms with Crippen LogP contribution in [0.2, 0.25) is 0 Å². The molecule has 0 radical (unpaired) electrons. The number of hydrogen-bond donors (Lipinski definition) is 1. The summed E-state index contributed by atoms with van der Waals surface area (Å²) in [4.78, 5) is 11.6. The Morgan fingerprint density at radius 2 is 2.11 bits per heavy atom. The van der Waals surface area contributed by atoms with Crippen LogP contribution in [0.3, 0.4) is 0 Å². The molecule has 5 heteroatoms. The Morgan fingerprint density at radius 3 is 2.79 bits per heavy atom. The Morgan fingerprint density at radius 1 is 1.32 bits per heavy atom. The highest BCUT2D eigenvalue weighted by Crippen LogP contribution is 2.38. The van der Waals surface area contributed by atoms with Gasteiger partial charge in [0.25, 0.3) is 0 Å². The van der Waals surface area contributed by atoms with E-state index in [4.69, 9.17) is 0 Å². The molecule has 0 aromatic carbocycles. The second-order valence-electron chi connectivity index (χ2n) is 5.90. The fourth-order valence-electron chi connectivity index (χ4n) is 2.66. The van der Waals surface area contributed by atoms with E-state index in [1.807, 2.05) is 6.07 Å². The maximum absolute atomic E-state index is 4.67. The molecule has 19 heavy (non-hydrogen) atoms. The molecule has 0 bridgehead atoms. The second kappa shape index (κ2) is 5.37. The Bertz CT molecular complexity index is 461. The first-order valence-electron chi connectivity index (χ1n) is 7.13. The number of halogens is 1. The van der Waals surface area contributed by atoms with Crippen molar-refractivity contribution < 1.29 is 0 Å². The van der Waals surface area contributed by atoms with Crippen molar-refractivity contribution in [2.75, 3.05) is 18.9 Å². The number of hydrogen-bond acceptors (Lipinski definition) is 4. The highest BCUT2D eigenvalue weighted by Gasteiger charge is 2.28. The van der Waals surface area contributed by atoms with E-state index in [0.29, 0.717) is 18.0 Å². The van der Waals surface area contributed by atoms with Crippen molar-refractivity contribution in [2.45, 2.75) is 50.6 Å². The van der Waals surface area contributed by atoms with Crippen molar-refractivity contribution in [1.29, 1.82) is 0 Å². The highest BCUT2D eigenvalue weighted by atomic mass is 79.9. The monoisotopic (exact) mass is 324 g/mol. The van der Waals surface area contributed by atoms with Crippen molar-refractivity contribution in [3.8, 4) is 0 Å². The molecule has 2 fully saturated rings. The Hall–Kier alpha value is -0.680. The number of anilines is 1. The fourth-order valence-corrected chi connectivity index (χ4v) is 3.06. The van der Waals surface area contributed by atoms with Gasteiger partial charge in [0, 0.05) is 30.6 Å². The van der Waals surface area contributed by atoms with Gasteiger partial charge in [0.05, 0.1) is 0 Å². The van der Waals surface area contributed by atoms with E-state index >= 15 is 0 Å². The van der Waals surface area contributed by atoms with Crippen LogP contribution in [0.25, 0.3) is 0 Å². The molecule has 1 N–H and O–H groups in total. The molecular formula is C14H21BrN4. The lowest BCUT2D eigenvalue weighted by Gasteiger charge is -2.35. The van der Waals surface area contributed by atoms with E-state index in [9.17, 15) is 0 Å². The number of aromatic nitrogens is 2. The van der Waals surface area contributed by atoms with Gasteiger partial charge in [0.2, 0.25) is 0 Å². The van der Waals surface area contributed by atoms with Crippen molar-refractivity contribution >= 4 is 21.7 Å². The summed E-state index contributed by atoms with van der Waals surface area (Å²) < 4.78 is 0.896. The van der Waals surface area contributed by atoms with Crippen LogP contribution in [0.15, 0.2) is 10.7 Å². The molecule has 3 rings (SSSR count). The van der Waals surface area contributed by atoms with E-state index < -0.39 is 0 Å². The lowest BCUT2D eigenvalue weighted by atomic mass is 9.99. The topological polar surface area (TPSA) is 41.1 Å². The lowest BCUT2D eigenvalue weighted by Crippen LogP contribution is -2.42. The number of piperidine rings is 1. The van der Waals surface area contributed by atoms with Gasteiger partial charge >= 0.3 is 0 Å². The molecule has 2 atom stereocenters. The zero-order valence-corrected chi connectivity index (χ0v) is 13.2. The average molecular weight is 325 g/mol. The highest BCUT2D eigenvalue weighted by molar-refractivity contribution is 9.10. The molecule has 0 spiro atoms. The van der Waals surface area contributed by atoms with Crippen molar-refractivity contribution in [3.05, 3.63) is 16.5 Å². The molecule has 1 aromatic rings. The van der Waals surface area contributed by atoms with Crippen LogP contribution in [0.4, 0.5) is 5.82 Å². The summed E-state index contributed by atoms with van der Waals surface area (Å²) >= 11 is 3.50. The van der Waals surface area contributed by atoms with Gasteiger partial charge in [-0.05, 0) is 55.6 Å². The zero-order chi connectivity index (χ0) is 13.4. The van der Waals surface area contributed by atoms with Gasteiger partial charge in [-0.15, -0.1) is 0 Å². The minimum atomic E-state index is 0.528. The maximum Gasteiger partial charge on any atom is 0.135 e. The molecule has 2 heterocycles. The molecule has 4 nitrogen and oxygen atoms in total. The lowest BCUT2D eigenvalue weighted by molar-refractivity contribution is 0.190. The van der Waals surface area contributed by atoms with Gasteiger partial charge in [0.1, 0.15) is 16.2 Å². The van der Waals surface area contributed by atoms with Crippen molar-refractivity contribution in [2.24, 2.45) is 0 Å². The summed E-state index contributed by atoms with van der Waals surface area (Å²) in [5.74, 6) is 2.57. The van der Waals surface area contributed by atoms with Gasteiger partial charge in [0.15, 0.2) is 0 Å². The summed E-state index contributed by atoms with van der Waals surface area (Å²) in [5, 5.41) is 3.59. The molecule has 1 aliphatic heterocycles. The largest absolute Gasteiger partial charge is 0.367 e. The minimum absolute atomic E-state index is 0.528. The van der Waals surface area contributed by atoms with Crippen LogP contribution in [0.1, 0.15) is 44.3 Å². The Kier molecular flexibility index (Phi) is 3.76. The van der Waals surface area contributed by atoms with Gasteiger partial charge in [-0.1, -0.05) is 0 Å². The predicted octanol–water partition coefficient (Wildman–Crippen LogP) is 3.01. The van der Waals surface area contributed by atoms with Gasteiger partial charge in [-0.2, -0.15) is 0 Å². The number of nitrogens with one attached hydrogen (secondary N) is 1. The fraction of sp³-hybridized carbons (Fsp3) is 0.714. The molecule has 1 aliphatic carbocycles. The van der Waals surface area contributed by atoms with E-state index in [0.717, 1.165) is 22.8 Å². The van der Waals surface area contributed by atoms with Gasteiger partial charge in [-0.3, -0.25) is 0 Å². The quantitative estimate of drug-likeness (QED) is 0.868. The average Bonchev–Trinajstić information content (AvgIpc) is 3.17. The summed E-state index contributed by atoms with van der Waals surface area (Å²) in [7, 11) is 2.20. The molecule has 2 unspecified atom stereocenters. The predicted molar refractivity (Wildman–Crippen MR) is 80.4 cm³/mol.